The molecule has 0 rings (SSSR count). The van der Waals surface area contributed by atoms with Gasteiger partial charge in [0.1, 0.15) is 0 Å². The van der Waals surface area contributed by atoms with Crippen LogP contribution in [0.5, 0.6) is 0 Å². The molecule has 108 valence electrons. The van der Waals surface area contributed by atoms with E-state index < -0.39 is 0 Å². The van der Waals surface area contributed by atoms with E-state index in [1.165, 1.54) is 0 Å². The predicted molar refractivity (Wildman–Crippen MR) is 76.2 cm³/mol. The zero-order chi connectivity index (χ0) is 13.6. The Balaban J connectivity index is 3.42. The van der Waals surface area contributed by atoms with Crippen molar-refractivity contribution < 1.29 is 9.47 Å². The van der Waals surface area contributed by atoms with E-state index in [-0.39, 0.29) is 0 Å². The molecule has 0 aromatic rings. The van der Waals surface area contributed by atoms with Crippen LogP contribution < -0.4 is 10.6 Å². The van der Waals surface area contributed by atoms with Crippen LogP contribution in [0.3, 0.4) is 0 Å². The Morgan fingerprint density at radius 1 is 1.11 bits per heavy atom. The van der Waals surface area contributed by atoms with Gasteiger partial charge in [-0.3, -0.25) is 4.99 Å². The number of nitrogens with zero attached hydrogens (tertiary/aromatic N) is 1. The number of rotatable bonds is 10. The second-order valence-electron chi connectivity index (χ2n) is 4.25. The molecule has 0 aliphatic carbocycles. The summed E-state index contributed by atoms with van der Waals surface area (Å²) in [4.78, 5) is 4.15. The van der Waals surface area contributed by atoms with E-state index in [0.29, 0.717) is 6.10 Å². The van der Waals surface area contributed by atoms with E-state index in [9.17, 15) is 0 Å². The fourth-order valence-corrected chi connectivity index (χ4v) is 1.34. The maximum absolute atomic E-state index is 5.47. The quantitative estimate of drug-likeness (QED) is 0.354. The van der Waals surface area contributed by atoms with Crippen molar-refractivity contribution in [3.05, 3.63) is 0 Å². The maximum atomic E-state index is 5.47. The van der Waals surface area contributed by atoms with Crippen molar-refractivity contribution in [3.63, 3.8) is 0 Å². The van der Waals surface area contributed by atoms with E-state index in [1.54, 1.807) is 7.05 Å². The molecule has 5 heteroatoms. The average Bonchev–Trinajstić information content (AvgIpc) is 2.35. The number of hydrogen-bond donors (Lipinski definition) is 2. The lowest BCUT2D eigenvalue weighted by Crippen LogP contribution is -2.38. The molecule has 0 bridgehead atoms. The predicted octanol–water partition coefficient (Wildman–Crippen LogP) is 1.39. The van der Waals surface area contributed by atoms with E-state index >= 15 is 0 Å². The van der Waals surface area contributed by atoms with Crippen molar-refractivity contribution in [2.75, 3.05) is 40.0 Å². The van der Waals surface area contributed by atoms with Crippen molar-refractivity contribution >= 4 is 5.96 Å². The summed E-state index contributed by atoms with van der Waals surface area (Å²) in [5.41, 5.74) is 0. The molecular weight excluding hydrogens is 230 g/mol. The minimum atomic E-state index is 0.306. The van der Waals surface area contributed by atoms with Crippen LogP contribution in [0.1, 0.15) is 33.6 Å². The molecule has 0 spiro atoms. The van der Waals surface area contributed by atoms with Crippen LogP contribution in [0.25, 0.3) is 0 Å². The molecule has 0 aliphatic rings. The standard InChI is InChI=1S/C13H29N3O2/c1-5-17-10-6-8-15-13(14-4)16-9-7-11-18-12(2)3/h12H,5-11H2,1-4H3,(H2,14,15,16). The lowest BCUT2D eigenvalue weighted by molar-refractivity contribution is 0.0776. The molecule has 0 aliphatic heterocycles. The highest BCUT2D eigenvalue weighted by molar-refractivity contribution is 5.79. The van der Waals surface area contributed by atoms with Crippen molar-refractivity contribution in [2.24, 2.45) is 4.99 Å². The summed E-state index contributed by atoms with van der Waals surface area (Å²) >= 11 is 0. The summed E-state index contributed by atoms with van der Waals surface area (Å²) in [7, 11) is 1.78. The van der Waals surface area contributed by atoms with Crippen molar-refractivity contribution in [1.29, 1.82) is 0 Å². The van der Waals surface area contributed by atoms with Gasteiger partial charge in [0.2, 0.25) is 0 Å². The normalized spacial score (nSPS) is 11.9. The van der Waals surface area contributed by atoms with Gasteiger partial charge < -0.3 is 20.1 Å². The lowest BCUT2D eigenvalue weighted by Gasteiger charge is -2.12. The van der Waals surface area contributed by atoms with Crippen LogP contribution in [-0.4, -0.2) is 52.0 Å². The van der Waals surface area contributed by atoms with Gasteiger partial charge in [-0.1, -0.05) is 0 Å². The molecule has 0 radical (unpaired) electrons. The SMILES string of the molecule is CCOCCCNC(=NC)NCCCOC(C)C. The monoisotopic (exact) mass is 259 g/mol. The van der Waals surface area contributed by atoms with Crippen LogP contribution in [0.2, 0.25) is 0 Å². The van der Waals surface area contributed by atoms with Gasteiger partial charge >= 0.3 is 0 Å². The molecule has 5 nitrogen and oxygen atoms in total. The smallest absolute Gasteiger partial charge is 0.190 e. The van der Waals surface area contributed by atoms with E-state index in [2.05, 4.69) is 15.6 Å². The second kappa shape index (κ2) is 12.6. The van der Waals surface area contributed by atoms with Crippen molar-refractivity contribution in [1.82, 2.24) is 10.6 Å². The Morgan fingerprint density at radius 2 is 1.72 bits per heavy atom. The largest absolute Gasteiger partial charge is 0.382 e. The number of hydrogen-bond acceptors (Lipinski definition) is 3. The zero-order valence-electron chi connectivity index (χ0n) is 12.3. The Morgan fingerprint density at radius 3 is 2.22 bits per heavy atom. The highest BCUT2D eigenvalue weighted by atomic mass is 16.5. The molecule has 0 saturated heterocycles. The molecule has 0 atom stereocenters. The highest BCUT2D eigenvalue weighted by Crippen LogP contribution is 1.89. The number of nitrogens with one attached hydrogen (secondary N) is 2. The van der Waals surface area contributed by atoms with Gasteiger partial charge in [-0.2, -0.15) is 0 Å². The van der Waals surface area contributed by atoms with Crippen LogP contribution in [-0.2, 0) is 9.47 Å². The summed E-state index contributed by atoms with van der Waals surface area (Å²) in [6.45, 7) is 10.2. The Bertz CT molecular complexity index is 208. The third-order valence-electron chi connectivity index (χ3n) is 2.25. The van der Waals surface area contributed by atoms with Gasteiger partial charge in [-0.05, 0) is 33.6 Å². The first-order valence-electron chi connectivity index (χ1n) is 6.84. The summed E-state index contributed by atoms with van der Waals surface area (Å²) in [5.74, 6) is 0.844. The lowest BCUT2D eigenvalue weighted by atomic mass is 10.4. The second-order valence-corrected chi connectivity index (χ2v) is 4.25. The van der Waals surface area contributed by atoms with Gasteiger partial charge in [-0.15, -0.1) is 0 Å². The van der Waals surface area contributed by atoms with Crippen LogP contribution in [0, 0.1) is 0 Å². The van der Waals surface area contributed by atoms with Gasteiger partial charge in [-0.25, -0.2) is 0 Å². The van der Waals surface area contributed by atoms with Gasteiger partial charge in [0, 0.05) is 40.0 Å². The van der Waals surface area contributed by atoms with Crippen molar-refractivity contribution in [2.45, 2.75) is 39.7 Å². The minimum Gasteiger partial charge on any atom is -0.382 e. The first kappa shape index (κ1) is 17.2. The molecule has 0 fully saturated rings. The molecular formula is C13H29N3O2. The van der Waals surface area contributed by atoms with E-state index in [0.717, 1.165) is 51.7 Å². The molecule has 0 aromatic heterocycles. The van der Waals surface area contributed by atoms with Crippen LogP contribution in [0.15, 0.2) is 4.99 Å². The first-order chi connectivity index (χ1) is 8.70. The number of guanidine groups is 1. The molecule has 18 heavy (non-hydrogen) atoms. The summed E-state index contributed by atoms with van der Waals surface area (Å²) < 4.78 is 10.7. The minimum absolute atomic E-state index is 0.306. The molecule has 0 amide bonds. The van der Waals surface area contributed by atoms with Crippen LogP contribution >= 0.6 is 0 Å². The zero-order valence-corrected chi connectivity index (χ0v) is 12.3. The Labute approximate surface area is 111 Å². The first-order valence-corrected chi connectivity index (χ1v) is 6.84. The fourth-order valence-electron chi connectivity index (χ4n) is 1.34. The van der Waals surface area contributed by atoms with Gasteiger partial charge in [0.25, 0.3) is 0 Å². The summed E-state index contributed by atoms with van der Waals surface area (Å²) in [6, 6.07) is 0. The highest BCUT2D eigenvalue weighted by Gasteiger charge is 1.97. The third-order valence-corrected chi connectivity index (χ3v) is 2.25. The van der Waals surface area contributed by atoms with Gasteiger partial charge in [0.05, 0.1) is 6.10 Å². The molecule has 0 heterocycles. The summed E-state index contributed by atoms with van der Waals surface area (Å²) in [5, 5.41) is 6.50. The number of ether oxygens (including phenoxy) is 2. The maximum Gasteiger partial charge on any atom is 0.190 e. The molecule has 2 N–H and O–H groups in total. The summed E-state index contributed by atoms with van der Waals surface area (Å²) in [6.07, 6.45) is 2.28. The average molecular weight is 259 g/mol. The molecule has 0 unspecified atom stereocenters. The third kappa shape index (κ3) is 11.7. The molecule has 0 aromatic carbocycles. The Hall–Kier alpha value is -0.810. The molecule has 0 saturated carbocycles. The van der Waals surface area contributed by atoms with E-state index in [1.807, 2.05) is 20.8 Å². The van der Waals surface area contributed by atoms with Crippen LogP contribution in [0.4, 0.5) is 0 Å². The number of aliphatic imine (C=N–C) groups is 1. The topological polar surface area (TPSA) is 54.9 Å². The fraction of sp³-hybridized carbons (Fsp3) is 0.923. The van der Waals surface area contributed by atoms with Crippen molar-refractivity contribution in [3.8, 4) is 0 Å². The Kier molecular flexibility index (Phi) is 12.1. The van der Waals surface area contributed by atoms with E-state index in [4.69, 9.17) is 9.47 Å². The van der Waals surface area contributed by atoms with Gasteiger partial charge in [0.15, 0.2) is 5.96 Å².